The second-order valence-electron chi connectivity index (χ2n) is 4.32. The van der Waals surface area contributed by atoms with Crippen LogP contribution in [0.4, 0.5) is 0 Å². The normalized spacial score (nSPS) is 24.1. The first kappa shape index (κ1) is 12.5. The molecule has 4 nitrogen and oxygen atoms in total. The molecule has 0 radical (unpaired) electrons. The number of hydrogen-bond acceptors (Lipinski definition) is 3. The van der Waals surface area contributed by atoms with Gasteiger partial charge in [0.15, 0.2) is 0 Å². The van der Waals surface area contributed by atoms with Crippen LogP contribution in [0.1, 0.15) is 33.1 Å². The highest BCUT2D eigenvalue weighted by atomic mass is 16.1. The van der Waals surface area contributed by atoms with Crippen LogP contribution in [0.15, 0.2) is 0 Å². The Labute approximate surface area is 92.2 Å². The van der Waals surface area contributed by atoms with Crippen molar-refractivity contribution in [3.8, 4) is 0 Å². The van der Waals surface area contributed by atoms with Gasteiger partial charge in [-0.05, 0) is 39.3 Å². The topological polar surface area (TPSA) is 58.4 Å². The Bertz CT molecular complexity index is 202. The van der Waals surface area contributed by atoms with E-state index in [1.807, 2.05) is 6.92 Å². The zero-order chi connectivity index (χ0) is 11.3. The average molecular weight is 213 g/mol. The van der Waals surface area contributed by atoms with Crippen molar-refractivity contribution in [1.29, 1.82) is 0 Å². The molecule has 0 aromatic rings. The maximum Gasteiger partial charge on any atom is 0.234 e. The van der Waals surface area contributed by atoms with Gasteiger partial charge in [-0.25, -0.2) is 0 Å². The van der Waals surface area contributed by atoms with Crippen molar-refractivity contribution in [3.05, 3.63) is 0 Å². The molecule has 3 N–H and O–H groups in total. The molecule has 15 heavy (non-hydrogen) atoms. The molecular formula is C11H23N3O. The molecule has 2 atom stereocenters. The van der Waals surface area contributed by atoms with Crippen LogP contribution >= 0.6 is 0 Å². The second-order valence-corrected chi connectivity index (χ2v) is 4.32. The first-order valence-electron chi connectivity index (χ1n) is 5.92. The van der Waals surface area contributed by atoms with Gasteiger partial charge in [-0.15, -0.1) is 0 Å². The number of carbonyl (C=O) groups excluding carboxylic acids is 1. The van der Waals surface area contributed by atoms with Gasteiger partial charge in [0, 0.05) is 12.6 Å². The van der Waals surface area contributed by atoms with Crippen molar-refractivity contribution in [1.82, 2.24) is 10.2 Å². The van der Waals surface area contributed by atoms with E-state index in [9.17, 15) is 4.79 Å². The van der Waals surface area contributed by atoms with E-state index in [1.54, 1.807) is 0 Å². The number of primary amides is 1. The zero-order valence-electron chi connectivity index (χ0n) is 9.83. The van der Waals surface area contributed by atoms with E-state index in [1.165, 1.54) is 12.8 Å². The minimum atomic E-state index is -0.214. The molecule has 0 aromatic heterocycles. The molecule has 1 saturated heterocycles. The molecule has 1 amide bonds. The Hall–Kier alpha value is -0.610. The first-order chi connectivity index (χ1) is 7.16. The molecule has 1 fully saturated rings. The minimum absolute atomic E-state index is 0.144. The summed E-state index contributed by atoms with van der Waals surface area (Å²) in [4.78, 5) is 13.5. The van der Waals surface area contributed by atoms with Gasteiger partial charge in [0.25, 0.3) is 0 Å². The van der Waals surface area contributed by atoms with E-state index in [4.69, 9.17) is 5.73 Å². The fraction of sp³-hybridized carbons (Fsp3) is 0.909. The van der Waals surface area contributed by atoms with Crippen LogP contribution in [-0.4, -0.2) is 42.5 Å². The molecule has 0 bridgehead atoms. The third-order valence-electron chi connectivity index (χ3n) is 3.13. The highest BCUT2D eigenvalue weighted by Crippen LogP contribution is 2.14. The molecule has 2 unspecified atom stereocenters. The fourth-order valence-electron chi connectivity index (χ4n) is 2.23. The largest absolute Gasteiger partial charge is 0.368 e. The van der Waals surface area contributed by atoms with E-state index < -0.39 is 0 Å². The van der Waals surface area contributed by atoms with Crippen LogP contribution in [0.25, 0.3) is 0 Å². The Kier molecular flexibility index (Phi) is 5.05. The standard InChI is InChI=1S/C11H23N3O/c1-3-7-14(9(2)11(12)15)10-5-4-6-13-8-10/h9-10,13H,3-8H2,1-2H3,(H2,12,15). The van der Waals surface area contributed by atoms with Crippen LogP contribution in [0, 0.1) is 0 Å². The van der Waals surface area contributed by atoms with Gasteiger partial charge in [0.1, 0.15) is 0 Å². The molecule has 1 rings (SSSR count). The summed E-state index contributed by atoms with van der Waals surface area (Å²) in [6, 6.07) is 0.330. The molecule has 1 heterocycles. The molecule has 0 aromatic carbocycles. The Morgan fingerprint density at radius 2 is 2.40 bits per heavy atom. The van der Waals surface area contributed by atoms with Crippen molar-refractivity contribution in [3.63, 3.8) is 0 Å². The SMILES string of the molecule is CCCN(C1CCCNC1)C(C)C(N)=O. The average Bonchev–Trinajstić information content (AvgIpc) is 2.26. The van der Waals surface area contributed by atoms with Crippen LogP contribution < -0.4 is 11.1 Å². The van der Waals surface area contributed by atoms with Crippen LogP contribution in [0.3, 0.4) is 0 Å². The van der Waals surface area contributed by atoms with Gasteiger partial charge in [0.2, 0.25) is 5.91 Å². The third kappa shape index (κ3) is 3.47. The Morgan fingerprint density at radius 3 is 2.87 bits per heavy atom. The highest BCUT2D eigenvalue weighted by Gasteiger charge is 2.26. The summed E-state index contributed by atoms with van der Waals surface area (Å²) in [6.45, 7) is 7.08. The molecular weight excluding hydrogens is 190 g/mol. The number of piperidine rings is 1. The van der Waals surface area contributed by atoms with Crippen molar-refractivity contribution in [2.24, 2.45) is 5.73 Å². The number of carbonyl (C=O) groups is 1. The minimum Gasteiger partial charge on any atom is -0.368 e. The lowest BCUT2D eigenvalue weighted by Gasteiger charge is -2.37. The van der Waals surface area contributed by atoms with Gasteiger partial charge in [-0.1, -0.05) is 6.92 Å². The van der Waals surface area contributed by atoms with Gasteiger partial charge >= 0.3 is 0 Å². The van der Waals surface area contributed by atoms with Crippen molar-refractivity contribution in [2.45, 2.75) is 45.2 Å². The monoisotopic (exact) mass is 213 g/mol. The predicted molar refractivity (Wildman–Crippen MR) is 61.5 cm³/mol. The molecule has 0 aliphatic carbocycles. The number of nitrogens with zero attached hydrogens (tertiary/aromatic N) is 1. The number of nitrogens with one attached hydrogen (secondary N) is 1. The lowest BCUT2D eigenvalue weighted by atomic mass is 10.0. The summed E-state index contributed by atoms with van der Waals surface area (Å²) >= 11 is 0. The summed E-state index contributed by atoms with van der Waals surface area (Å²) in [5, 5.41) is 3.37. The van der Waals surface area contributed by atoms with Crippen molar-refractivity contribution in [2.75, 3.05) is 19.6 Å². The molecule has 1 aliphatic heterocycles. The lowest BCUT2D eigenvalue weighted by molar-refractivity contribution is -0.123. The smallest absolute Gasteiger partial charge is 0.234 e. The van der Waals surface area contributed by atoms with E-state index in [-0.39, 0.29) is 11.9 Å². The Morgan fingerprint density at radius 1 is 1.67 bits per heavy atom. The van der Waals surface area contributed by atoms with Crippen LogP contribution in [0.2, 0.25) is 0 Å². The van der Waals surface area contributed by atoms with Crippen molar-refractivity contribution >= 4 is 5.91 Å². The number of hydrogen-bond donors (Lipinski definition) is 2. The van der Waals surface area contributed by atoms with E-state index >= 15 is 0 Å². The first-order valence-corrected chi connectivity index (χ1v) is 5.92. The van der Waals surface area contributed by atoms with E-state index in [0.29, 0.717) is 6.04 Å². The maximum absolute atomic E-state index is 11.2. The second kappa shape index (κ2) is 6.08. The maximum atomic E-state index is 11.2. The summed E-state index contributed by atoms with van der Waals surface area (Å²) < 4.78 is 0. The molecule has 88 valence electrons. The lowest BCUT2D eigenvalue weighted by Crippen LogP contribution is -2.53. The predicted octanol–water partition coefficient (Wildman–Crippen LogP) is 0.324. The van der Waals surface area contributed by atoms with Gasteiger partial charge in [0.05, 0.1) is 6.04 Å². The van der Waals surface area contributed by atoms with Crippen LogP contribution in [-0.2, 0) is 4.79 Å². The van der Waals surface area contributed by atoms with Gasteiger partial charge in [-0.3, -0.25) is 9.69 Å². The van der Waals surface area contributed by atoms with Crippen LogP contribution in [0.5, 0.6) is 0 Å². The fourth-order valence-corrected chi connectivity index (χ4v) is 2.23. The van der Waals surface area contributed by atoms with Crippen molar-refractivity contribution < 1.29 is 4.79 Å². The molecule has 0 spiro atoms. The third-order valence-corrected chi connectivity index (χ3v) is 3.13. The quantitative estimate of drug-likeness (QED) is 0.691. The summed E-state index contributed by atoms with van der Waals surface area (Å²) in [7, 11) is 0. The highest BCUT2D eigenvalue weighted by molar-refractivity contribution is 5.79. The Balaban J connectivity index is 2.58. The number of rotatable bonds is 5. The summed E-state index contributed by atoms with van der Waals surface area (Å²) in [5.74, 6) is -0.214. The van der Waals surface area contributed by atoms with E-state index in [2.05, 4.69) is 17.1 Å². The van der Waals surface area contributed by atoms with E-state index in [0.717, 1.165) is 26.1 Å². The molecule has 1 aliphatic rings. The summed E-state index contributed by atoms with van der Waals surface area (Å²) in [5.41, 5.74) is 5.37. The number of amides is 1. The number of nitrogens with two attached hydrogens (primary N) is 1. The molecule has 4 heteroatoms. The van der Waals surface area contributed by atoms with Gasteiger partial charge in [-0.2, -0.15) is 0 Å². The molecule has 0 saturated carbocycles. The zero-order valence-corrected chi connectivity index (χ0v) is 9.83. The van der Waals surface area contributed by atoms with Gasteiger partial charge < -0.3 is 11.1 Å². The summed E-state index contributed by atoms with van der Waals surface area (Å²) in [6.07, 6.45) is 3.43.